The zero-order valence-corrected chi connectivity index (χ0v) is 21.6. The van der Waals surface area contributed by atoms with Gasteiger partial charge in [-0.3, -0.25) is 14.4 Å². The normalized spacial score (nSPS) is 45.1. The Balaban J connectivity index is 1.65. The lowest BCUT2D eigenvalue weighted by atomic mass is 9.44. The van der Waals surface area contributed by atoms with Crippen LogP contribution in [0.4, 0.5) is 4.39 Å². The highest BCUT2D eigenvalue weighted by Gasteiger charge is 2.75. The fourth-order valence-corrected chi connectivity index (χ4v) is 7.96. The van der Waals surface area contributed by atoms with Crippen molar-refractivity contribution in [2.45, 2.75) is 76.7 Å². The van der Waals surface area contributed by atoms with Crippen molar-refractivity contribution in [2.75, 3.05) is 11.9 Å². The Kier molecular flexibility index (Phi) is 6.52. The van der Waals surface area contributed by atoms with E-state index in [1.54, 1.807) is 26.8 Å². The van der Waals surface area contributed by atoms with E-state index in [1.165, 1.54) is 12.2 Å². The molecule has 3 fully saturated rings. The van der Waals surface area contributed by atoms with Gasteiger partial charge in [-0.2, -0.15) is 0 Å². The van der Waals surface area contributed by atoms with Crippen molar-refractivity contribution in [3.8, 4) is 0 Å². The number of ketones is 2. The summed E-state index contributed by atoms with van der Waals surface area (Å²) in [4.78, 5) is 37.2. The van der Waals surface area contributed by atoms with Crippen molar-refractivity contribution in [2.24, 2.45) is 28.6 Å². The molecule has 3 saturated carbocycles. The molecule has 0 aromatic carbocycles. The molecule has 0 aromatic heterocycles. The molecule has 0 spiro atoms. The number of hydrogen-bond acceptors (Lipinski definition) is 6. The second-order valence-electron chi connectivity index (χ2n) is 11.0. The number of ether oxygens (including phenoxy) is 1. The lowest BCUT2D eigenvalue weighted by Gasteiger charge is -2.62. The van der Waals surface area contributed by atoms with Crippen LogP contribution >= 0.6 is 15.9 Å². The van der Waals surface area contributed by atoms with Crippen LogP contribution in [0.2, 0.25) is 0 Å². The first-order valence-electron chi connectivity index (χ1n) is 12.1. The lowest BCUT2D eigenvalue weighted by molar-refractivity contribution is -0.220. The molecule has 0 saturated heterocycles. The summed E-state index contributed by atoms with van der Waals surface area (Å²) in [7, 11) is 0. The van der Waals surface area contributed by atoms with Gasteiger partial charge in [0.05, 0.1) is 6.10 Å². The van der Waals surface area contributed by atoms with E-state index in [0.717, 1.165) is 0 Å². The Bertz CT molecular complexity index is 963. The van der Waals surface area contributed by atoms with Crippen LogP contribution in [0.1, 0.15) is 59.3 Å². The third-order valence-corrected chi connectivity index (χ3v) is 10.1. The highest BCUT2D eigenvalue weighted by atomic mass is 79.9. The monoisotopic (exact) mass is 540 g/mol. The van der Waals surface area contributed by atoms with Gasteiger partial charge in [0.1, 0.15) is 5.60 Å². The van der Waals surface area contributed by atoms with E-state index in [9.17, 15) is 24.6 Å². The summed E-state index contributed by atoms with van der Waals surface area (Å²) in [6.07, 6.45) is 5.03. The maximum absolute atomic E-state index is 17.1. The fourth-order valence-electron chi connectivity index (χ4n) is 7.68. The number of hydrogen-bond donors (Lipinski definition) is 2. The van der Waals surface area contributed by atoms with Crippen LogP contribution in [-0.2, 0) is 19.1 Å². The van der Waals surface area contributed by atoms with E-state index in [4.69, 9.17) is 4.74 Å². The number of carbonyl (C=O) groups is 3. The van der Waals surface area contributed by atoms with Crippen LogP contribution < -0.4 is 0 Å². The van der Waals surface area contributed by atoms with Gasteiger partial charge in [-0.25, -0.2) is 4.39 Å². The first kappa shape index (κ1) is 25.7. The predicted octanol–water partition coefficient (Wildman–Crippen LogP) is 3.62. The summed E-state index contributed by atoms with van der Waals surface area (Å²) in [5.41, 5.74) is -5.37. The van der Waals surface area contributed by atoms with Gasteiger partial charge in [0.2, 0.25) is 5.78 Å². The van der Waals surface area contributed by atoms with Gasteiger partial charge in [0.15, 0.2) is 18.1 Å². The molecule has 7 unspecified atom stereocenters. The number of alkyl halides is 2. The molecule has 8 atom stereocenters. The number of rotatable bonds is 6. The number of Topliss-reactive ketones (excluding diaryl/α,β-unsaturated/α-hetero) is 1. The largest absolute Gasteiger partial charge is 0.458 e. The molecule has 0 aromatic rings. The van der Waals surface area contributed by atoms with Crippen LogP contribution in [0.5, 0.6) is 0 Å². The van der Waals surface area contributed by atoms with Crippen molar-refractivity contribution < 1.29 is 33.7 Å². The maximum Gasteiger partial charge on any atom is 0.306 e. The van der Waals surface area contributed by atoms with E-state index in [-0.39, 0.29) is 24.5 Å². The van der Waals surface area contributed by atoms with Gasteiger partial charge in [-0.1, -0.05) is 41.4 Å². The first-order valence-corrected chi connectivity index (χ1v) is 13.3. The van der Waals surface area contributed by atoms with E-state index < -0.39 is 58.4 Å². The molecule has 34 heavy (non-hydrogen) atoms. The van der Waals surface area contributed by atoms with Gasteiger partial charge in [-0.15, -0.1) is 0 Å². The Labute approximate surface area is 208 Å². The van der Waals surface area contributed by atoms with Gasteiger partial charge < -0.3 is 14.9 Å². The Morgan fingerprint density at radius 2 is 2.00 bits per heavy atom. The fraction of sp³-hybridized carbons (Fsp3) is 0.731. The van der Waals surface area contributed by atoms with Crippen molar-refractivity contribution in [1.29, 1.82) is 0 Å². The zero-order valence-electron chi connectivity index (χ0n) is 20.0. The standard InChI is InChI=1S/C26H34BrFO6/c1-15-11-19-18-7-6-16-12-17(29)8-9-23(16,2)25(18,28)20(30)13-24(19,3)26(15,33)21(31)14-34-22(32)5-4-10-27/h8-9,12,15,18-20,30,33H,4-7,10-11,13-14H2,1-3H3/t15-,18?,19?,20?,23?,24?,25?,26?/m0/s1. The molecule has 0 radical (unpaired) electrons. The number of carbonyl (C=O) groups excluding carboxylic acids is 3. The predicted molar refractivity (Wildman–Crippen MR) is 127 cm³/mol. The molecule has 4 rings (SSSR count). The minimum absolute atomic E-state index is 0.0978. The topological polar surface area (TPSA) is 101 Å². The van der Waals surface area contributed by atoms with Crippen molar-refractivity contribution in [3.05, 3.63) is 23.8 Å². The molecule has 6 nitrogen and oxygen atoms in total. The quantitative estimate of drug-likeness (QED) is 0.394. The molecule has 0 aliphatic heterocycles. The van der Waals surface area contributed by atoms with E-state index in [0.29, 0.717) is 36.6 Å². The van der Waals surface area contributed by atoms with Gasteiger partial charge in [0.25, 0.3) is 0 Å². The highest BCUT2D eigenvalue weighted by Crippen LogP contribution is 2.70. The summed E-state index contributed by atoms with van der Waals surface area (Å²) in [6.45, 7) is 4.74. The smallest absolute Gasteiger partial charge is 0.306 e. The van der Waals surface area contributed by atoms with Gasteiger partial charge in [0, 0.05) is 28.5 Å². The maximum atomic E-state index is 17.1. The Morgan fingerprint density at radius 1 is 1.29 bits per heavy atom. The number of aliphatic hydroxyl groups excluding tert-OH is 1. The van der Waals surface area contributed by atoms with Gasteiger partial charge in [-0.05, 0) is 63.0 Å². The van der Waals surface area contributed by atoms with Crippen LogP contribution in [0.25, 0.3) is 0 Å². The minimum atomic E-state index is -2.02. The molecular weight excluding hydrogens is 507 g/mol. The zero-order chi connectivity index (χ0) is 25.1. The summed E-state index contributed by atoms with van der Waals surface area (Å²) < 4.78 is 22.3. The van der Waals surface area contributed by atoms with Crippen molar-refractivity contribution in [1.82, 2.24) is 0 Å². The number of fused-ring (bicyclic) bond motifs is 5. The van der Waals surface area contributed by atoms with Gasteiger partial charge >= 0.3 is 5.97 Å². The van der Waals surface area contributed by atoms with Crippen molar-refractivity contribution in [3.63, 3.8) is 0 Å². The SMILES string of the molecule is C[C@H]1CC2C3CCC4=CC(=O)C=CC4(C)C3(F)C(O)CC2(C)C1(O)C(=O)COC(=O)CCCBr. The highest BCUT2D eigenvalue weighted by molar-refractivity contribution is 9.09. The molecule has 2 N–H and O–H groups in total. The van der Waals surface area contributed by atoms with Crippen molar-refractivity contribution >= 4 is 33.5 Å². The minimum Gasteiger partial charge on any atom is -0.458 e. The number of allylic oxidation sites excluding steroid dienone is 4. The molecule has 188 valence electrons. The van der Waals surface area contributed by atoms with Crippen LogP contribution in [0, 0.1) is 28.6 Å². The average molecular weight is 541 g/mol. The molecular formula is C26H34BrFO6. The number of aliphatic hydroxyl groups is 2. The summed E-state index contributed by atoms with van der Waals surface area (Å²) in [5, 5.41) is 23.8. The van der Waals surface area contributed by atoms with Crippen LogP contribution in [0.3, 0.4) is 0 Å². The molecule has 0 bridgehead atoms. The number of halogens is 2. The molecule has 8 heteroatoms. The summed E-state index contributed by atoms with van der Waals surface area (Å²) in [6, 6.07) is 0. The third kappa shape index (κ3) is 3.34. The lowest BCUT2D eigenvalue weighted by Crippen LogP contribution is -2.69. The third-order valence-electron chi connectivity index (χ3n) is 9.53. The molecule has 0 heterocycles. The Morgan fingerprint density at radius 3 is 2.68 bits per heavy atom. The molecule has 4 aliphatic rings. The average Bonchev–Trinajstić information content (AvgIpc) is 2.99. The summed E-state index contributed by atoms with van der Waals surface area (Å²) >= 11 is 3.25. The number of esters is 1. The second-order valence-corrected chi connectivity index (χ2v) is 11.8. The molecule has 0 amide bonds. The summed E-state index contributed by atoms with van der Waals surface area (Å²) in [5.74, 6) is -2.70. The van der Waals surface area contributed by atoms with E-state index in [2.05, 4.69) is 15.9 Å². The van der Waals surface area contributed by atoms with Crippen LogP contribution in [0.15, 0.2) is 23.8 Å². The Hall–Kier alpha value is -1.38. The van der Waals surface area contributed by atoms with Crippen LogP contribution in [-0.4, -0.2) is 57.1 Å². The van der Waals surface area contributed by atoms with E-state index >= 15 is 4.39 Å². The first-order chi connectivity index (χ1) is 15.9. The molecule has 4 aliphatic carbocycles. The van der Waals surface area contributed by atoms with E-state index in [1.807, 2.05) is 0 Å². The second kappa shape index (κ2) is 8.63.